The Morgan fingerprint density at radius 1 is 0.889 bits per heavy atom. The van der Waals surface area contributed by atoms with Gasteiger partial charge in [0.15, 0.2) is 6.10 Å². The molecule has 2 aromatic rings. The highest BCUT2D eigenvalue weighted by molar-refractivity contribution is 6.15. The molecule has 2 heterocycles. The second kappa shape index (κ2) is 19.1. The third-order valence-corrected chi connectivity index (χ3v) is 9.18. The minimum absolute atomic E-state index is 0.0468. The number of unbranched alkanes of at least 4 members (excludes halogenated alkanes) is 1. The number of ether oxygens (including phenoxy) is 4. The highest BCUT2D eigenvalue weighted by Crippen LogP contribution is 2.27. The molecule has 4 rings (SSSR count). The summed E-state index contributed by atoms with van der Waals surface area (Å²) in [5, 5.41) is 43.5. The van der Waals surface area contributed by atoms with Crippen molar-refractivity contribution >= 4 is 29.7 Å². The number of carbonyl (C=O) groups is 5. The van der Waals surface area contributed by atoms with E-state index in [0.717, 1.165) is 28.2 Å². The van der Waals surface area contributed by atoms with Gasteiger partial charge in [0.1, 0.15) is 43.3 Å². The normalized spacial score (nSPS) is 21.9. The lowest BCUT2D eigenvalue weighted by Crippen LogP contribution is -2.60. The first kappa shape index (κ1) is 42.1. The Morgan fingerprint density at radius 3 is 2.19 bits per heavy atom. The van der Waals surface area contributed by atoms with Crippen molar-refractivity contribution in [2.24, 2.45) is 5.41 Å². The number of aliphatic hydroxyl groups excluding tert-OH is 3. The van der Waals surface area contributed by atoms with E-state index in [1.54, 1.807) is 58.2 Å². The van der Waals surface area contributed by atoms with E-state index >= 15 is 0 Å². The summed E-state index contributed by atoms with van der Waals surface area (Å²) in [5.74, 6) is -2.92. The first-order valence-electron chi connectivity index (χ1n) is 17.8. The van der Waals surface area contributed by atoms with Crippen molar-refractivity contribution in [2.75, 3.05) is 26.9 Å². The van der Waals surface area contributed by atoms with Gasteiger partial charge in [0.05, 0.1) is 18.1 Å². The number of imide groups is 1. The Balaban J connectivity index is 1.40. The van der Waals surface area contributed by atoms with Crippen LogP contribution in [-0.4, -0.2) is 118 Å². The third-order valence-electron chi connectivity index (χ3n) is 9.18. The average Bonchev–Trinajstić information content (AvgIpc) is 3.46. The Hall–Kier alpha value is -4.67. The monoisotopic (exact) mass is 754 g/mol. The number of esters is 1. The summed E-state index contributed by atoms with van der Waals surface area (Å²) in [6.07, 6.45) is -4.06. The Kier molecular flexibility index (Phi) is 14.9. The van der Waals surface area contributed by atoms with Crippen LogP contribution in [-0.2, 0) is 64.1 Å². The molecule has 2 aliphatic heterocycles. The Morgan fingerprint density at radius 2 is 1.56 bits per heavy atom. The number of carboxylic acid groups (broad SMARTS) is 1. The number of nitrogens with zero attached hydrogens (tertiary/aromatic N) is 1. The van der Waals surface area contributed by atoms with Crippen molar-refractivity contribution < 1.29 is 63.3 Å². The molecular weight excluding hydrogens is 704 g/mol. The van der Waals surface area contributed by atoms with Crippen LogP contribution in [0, 0.1) is 5.41 Å². The SMILES string of the molecule is COCCOc1ccc(C[C@@H](C(=O)NCCCCc2ccc(COC(=O)C(C)(C)C)c(C[C@@H]3O[C@H](C(=O)O)[C@@H](O)[C@H](O)[C@H]3O)c2)N2C(=O)C=CC2=O)cc1. The fourth-order valence-corrected chi connectivity index (χ4v) is 6.06. The molecule has 15 nitrogen and oxygen atoms in total. The first-order valence-corrected chi connectivity index (χ1v) is 17.8. The maximum absolute atomic E-state index is 13.4. The number of benzene rings is 2. The smallest absolute Gasteiger partial charge is 0.335 e. The van der Waals surface area contributed by atoms with Crippen LogP contribution in [0.5, 0.6) is 5.75 Å². The predicted molar refractivity (Wildman–Crippen MR) is 192 cm³/mol. The molecule has 0 saturated carbocycles. The predicted octanol–water partition coefficient (Wildman–Crippen LogP) is 1.25. The van der Waals surface area contributed by atoms with Crippen LogP contribution in [0.4, 0.5) is 0 Å². The molecule has 5 N–H and O–H groups in total. The molecule has 0 aliphatic carbocycles. The molecule has 0 radical (unpaired) electrons. The second-order valence-corrected chi connectivity index (χ2v) is 14.4. The van der Waals surface area contributed by atoms with Gasteiger partial charge >= 0.3 is 11.9 Å². The number of methoxy groups -OCH3 is 1. The number of carboxylic acids is 1. The minimum Gasteiger partial charge on any atom is -0.491 e. The number of aliphatic carboxylic acids is 1. The molecular formula is C39H50N2O13. The van der Waals surface area contributed by atoms with Crippen LogP contribution in [0.2, 0.25) is 0 Å². The molecule has 3 amide bonds. The molecule has 2 aromatic carbocycles. The van der Waals surface area contributed by atoms with Crippen molar-refractivity contribution in [3.63, 3.8) is 0 Å². The molecule has 294 valence electrons. The largest absolute Gasteiger partial charge is 0.491 e. The number of nitrogens with one attached hydrogen (secondary N) is 1. The molecule has 0 unspecified atom stereocenters. The number of carbonyl (C=O) groups excluding carboxylic acids is 4. The van der Waals surface area contributed by atoms with E-state index in [0.29, 0.717) is 49.4 Å². The van der Waals surface area contributed by atoms with Crippen molar-refractivity contribution in [1.82, 2.24) is 10.2 Å². The number of hydrogen-bond donors (Lipinski definition) is 5. The summed E-state index contributed by atoms with van der Waals surface area (Å²) >= 11 is 0. The molecule has 0 bridgehead atoms. The highest BCUT2D eigenvalue weighted by atomic mass is 16.6. The van der Waals surface area contributed by atoms with E-state index in [1.807, 2.05) is 12.1 Å². The summed E-state index contributed by atoms with van der Waals surface area (Å²) in [6.45, 7) is 6.12. The van der Waals surface area contributed by atoms with Crippen LogP contribution in [0.15, 0.2) is 54.6 Å². The van der Waals surface area contributed by atoms with Crippen molar-refractivity contribution in [3.8, 4) is 5.75 Å². The maximum atomic E-state index is 13.4. The van der Waals surface area contributed by atoms with Gasteiger partial charge in [0.2, 0.25) is 5.91 Å². The number of aliphatic hydroxyl groups is 3. The van der Waals surface area contributed by atoms with Crippen molar-refractivity contribution in [3.05, 3.63) is 76.9 Å². The maximum Gasteiger partial charge on any atom is 0.335 e. The lowest BCUT2D eigenvalue weighted by Gasteiger charge is -2.39. The van der Waals surface area contributed by atoms with Crippen LogP contribution in [0.3, 0.4) is 0 Å². The van der Waals surface area contributed by atoms with Gasteiger partial charge in [-0.15, -0.1) is 0 Å². The number of hydrogen-bond acceptors (Lipinski definition) is 12. The van der Waals surface area contributed by atoms with Crippen LogP contribution < -0.4 is 10.1 Å². The van der Waals surface area contributed by atoms with E-state index in [4.69, 9.17) is 18.9 Å². The quantitative estimate of drug-likeness (QED) is 0.0824. The molecule has 0 spiro atoms. The van der Waals surface area contributed by atoms with Gasteiger partial charge < -0.3 is 44.7 Å². The van der Waals surface area contributed by atoms with E-state index in [9.17, 15) is 44.4 Å². The lowest BCUT2D eigenvalue weighted by molar-refractivity contribution is -0.227. The lowest BCUT2D eigenvalue weighted by atomic mass is 9.89. The van der Waals surface area contributed by atoms with Crippen molar-refractivity contribution in [2.45, 2.75) is 96.0 Å². The van der Waals surface area contributed by atoms with E-state index in [1.165, 1.54) is 0 Å². The topological polar surface area (TPSA) is 218 Å². The minimum atomic E-state index is -1.82. The molecule has 1 saturated heterocycles. The van der Waals surface area contributed by atoms with E-state index < -0.39 is 71.6 Å². The number of aryl methyl sites for hydroxylation is 1. The fourth-order valence-electron chi connectivity index (χ4n) is 6.06. The molecule has 1 fully saturated rings. The molecule has 0 aromatic heterocycles. The third kappa shape index (κ3) is 11.2. The molecule has 2 aliphatic rings. The van der Waals surface area contributed by atoms with Gasteiger partial charge in [0, 0.05) is 38.6 Å². The molecule has 54 heavy (non-hydrogen) atoms. The average molecular weight is 755 g/mol. The standard InChI is InChI=1S/C39H50N2O13/c1-39(2,3)38(50)53-22-25-11-8-23(19-26(25)21-29-32(44)33(45)34(46)35(54-29)37(48)49)7-5-6-16-40-36(47)28(41-30(42)14-15-31(41)43)20-24-9-12-27(13-10-24)52-18-17-51-4/h8-15,19,28-29,32-35,44-46H,5-7,16-18,20-22H2,1-4H3,(H,40,47)(H,48,49)/t28-,29-,32-,33+,34-,35-/m0/s1. The zero-order valence-corrected chi connectivity index (χ0v) is 30.9. The summed E-state index contributed by atoms with van der Waals surface area (Å²) in [7, 11) is 1.57. The van der Waals surface area contributed by atoms with Gasteiger partial charge in [-0.25, -0.2) is 4.79 Å². The summed E-state index contributed by atoms with van der Waals surface area (Å²) < 4.78 is 21.6. The highest BCUT2D eigenvalue weighted by Gasteiger charge is 2.47. The fraction of sp³-hybridized carbons (Fsp3) is 0.513. The zero-order chi connectivity index (χ0) is 39.6. The van der Waals surface area contributed by atoms with Gasteiger partial charge in [-0.3, -0.25) is 24.1 Å². The van der Waals surface area contributed by atoms with Gasteiger partial charge in [-0.1, -0.05) is 30.3 Å². The van der Waals surface area contributed by atoms with Crippen LogP contribution in [0.1, 0.15) is 55.9 Å². The van der Waals surface area contributed by atoms with Crippen LogP contribution in [0.25, 0.3) is 0 Å². The van der Waals surface area contributed by atoms with Gasteiger partial charge in [-0.2, -0.15) is 0 Å². The number of amides is 3. The van der Waals surface area contributed by atoms with E-state index in [2.05, 4.69) is 5.32 Å². The summed E-state index contributed by atoms with van der Waals surface area (Å²) in [6, 6.07) is 11.4. The molecule has 15 heteroatoms. The van der Waals surface area contributed by atoms with Gasteiger partial charge in [-0.05, 0) is 74.4 Å². The van der Waals surface area contributed by atoms with Crippen molar-refractivity contribution in [1.29, 1.82) is 0 Å². The van der Waals surface area contributed by atoms with Gasteiger partial charge in [0.25, 0.3) is 11.8 Å². The summed E-state index contributed by atoms with van der Waals surface area (Å²) in [4.78, 5) is 63.7. The number of rotatable bonds is 18. The Bertz CT molecular complexity index is 1650. The zero-order valence-electron chi connectivity index (χ0n) is 30.9. The molecule has 6 atom stereocenters. The first-order chi connectivity index (χ1) is 25.6. The second-order valence-electron chi connectivity index (χ2n) is 14.4. The van der Waals surface area contributed by atoms with Crippen LogP contribution >= 0.6 is 0 Å². The van der Waals surface area contributed by atoms with E-state index in [-0.39, 0.29) is 26.0 Å². The summed E-state index contributed by atoms with van der Waals surface area (Å²) in [5.41, 5.74) is 2.01. The Labute approximate surface area is 313 Å².